The lowest BCUT2D eigenvalue weighted by Gasteiger charge is -2.60. The standard InChI is InChI=1S/C48H69N3O9/c1-6-21-51(46(54)57-30-29-55-34-35-15-9-8-10-16-35)43-33-41(49-60-47(3,4)5)39-31-36(17-11-13-25-52)38(18-12-14-26-53)44-40-32-37(56-28-24-50-22-23-50)19-20-42(40)59-48(43,45(39)44)58-27-7-2/h7-10,15-16,19-20,31-32,36,38,43-45,52-53H,2,6,11-14,17-18,21-30,33-34H2,1,3-5H3/t36-,38+,43-,44+,45+,48+/m0/s1. The molecule has 0 unspecified atom stereocenters. The SMILES string of the molecule is C=CCO[C@@]12Oc3ccc(OCCN4CC4)cc3[C@H]3[C@H](CCCCO)[C@@H](CCCCO)C=C(C(=NOC(C)(C)C)C[C@@H]1N(CCC)C(=O)OCCOCc1ccccc1)[C@H]32. The smallest absolute Gasteiger partial charge is 0.410 e. The summed E-state index contributed by atoms with van der Waals surface area (Å²) in [5.74, 6) is -0.188. The predicted octanol–water partition coefficient (Wildman–Crippen LogP) is 7.88. The molecule has 6 rings (SSSR count). The van der Waals surface area contributed by atoms with Gasteiger partial charge in [-0.1, -0.05) is 67.4 Å². The number of ether oxygens (including phenoxy) is 5. The van der Waals surface area contributed by atoms with E-state index < -0.39 is 29.4 Å². The third-order valence-electron chi connectivity index (χ3n) is 11.9. The molecule has 60 heavy (non-hydrogen) atoms. The van der Waals surface area contributed by atoms with E-state index in [0.717, 1.165) is 73.5 Å². The minimum Gasteiger partial charge on any atom is -0.492 e. The number of aliphatic hydroxyl groups is 2. The zero-order valence-electron chi connectivity index (χ0n) is 36.4. The molecule has 0 spiro atoms. The van der Waals surface area contributed by atoms with Crippen molar-refractivity contribution in [1.29, 1.82) is 0 Å². The first kappa shape index (κ1) is 45.6. The van der Waals surface area contributed by atoms with Gasteiger partial charge in [0.05, 0.1) is 31.5 Å². The molecule has 2 aliphatic carbocycles. The van der Waals surface area contributed by atoms with Crippen LogP contribution in [0.1, 0.15) is 96.1 Å². The predicted molar refractivity (Wildman–Crippen MR) is 232 cm³/mol. The maximum Gasteiger partial charge on any atom is 0.410 e. The molecule has 2 aliphatic heterocycles. The van der Waals surface area contributed by atoms with E-state index in [2.05, 4.69) is 23.6 Å². The van der Waals surface area contributed by atoms with Crippen molar-refractivity contribution in [3.8, 4) is 11.5 Å². The molecule has 2 aromatic carbocycles. The van der Waals surface area contributed by atoms with Crippen molar-refractivity contribution in [1.82, 2.24) is 9.80 Å². The van der Waals surface area contributed by atoms with Crippen LogP contribution in [0, 0.1) is 17.8 Å². The summed E-state index contributed by atoms with van der Waals surface area (Å²) in [4.78, 5) is 24.8. The zero-order valence-corrected chi connectivity index (χ0v) is 36.4. The van der Waals surface area contributed by atoms with Crippen LogP contribution in [0.25, 0.3) is 0 Å². The Kier molecular flexibility index (Phi) is 16.5. The molecule has 1 amide bonds. The topological polar surface area (TPSA) is 132 Å². The largest absolute Gasteiger partial charge is 0.492 e. The van der Waals surface area contributed by atoms with Crippen LogP contribution in [0.3, 0.4) is 0 Å². The number of benzene rings is 2. The number of carbonyl (C=O) groups excluding carboxylic acids is 1. The van der Waals surface area contributed by atoms with Crippen LogP contribution in [-0.2, 0) is 25.7 Å². The number of amides is 1. The molecule has 2 fully saturated rings. The van der Waals surface area contributed by atoms with Gasteiger partial charge in [0.15, 0.2) is 0 Å². The lowest BCUT2D eigenvalue weighted by Crippen LogP contribution is -2.70. The number of hydrogen-bond acceptors (Lipinski definition) is 11. The molecule has 1 saturated carbocycles. The average molecular weight is 832 g/mol. The number of aliphatic hydroxyl groups excluding tert-OH is 2. The molecule has 0 bridgehead atoms. The quantitative estimate of drug-likeness (QED) is 0.0467. The van der Waals surface area contributed by atoms with Crippen molar-refractivity contribution in [2.75, 3.05) is 65.8 Å². The van der Waals surface area contributed by atoms with Crippen LogP contribution >= 0.6 is 0 Å². The number of oxime groups is 1. The second-order valence-electron chi connectivity index (χ2n) is 17.5. The first-order valence-corrected chi connectivity index (χ1v) is 22.3. The normalized spacial score (nSPS) is 25.1. The van der Waals surface area contributed by atoms with Crippen LogP contribution in [-0.4, -0.2) is 115 Å². The molecule has 0 radical (unpaired) electrons. The Morgan fingerprint density at radius 3 is 2.50 bits per heavy atom. The summed E-state index contributed by atoms with van der Waals surface area (Å²) < 4.78 is 32.7. The van der Waals surface area contributed by atoms with Crippen LogP contribution in [0.2, 0.25) is 0 Å². The van der Waals surface area contributed by atoms with Gasteiger partial charge in [0.1, 0.15) is 36.4 Å². The van der Waals surface area contributed by atoms with Crippen molar-refractivity contribution in [3.05, 3.63) is 84.0 Å². The molecular weight excluding hydrogens is 763 g/mol. The van der Waals surface area contributed by atoms with E-state index in [0.29, 0.717) is 51.2 Å². The Labute approximate surface area is 357 Å². The maximum absolute atomic E-state index is 14.5. The highest BCUT2D eigenvalue weighted by atomic mass is 16.7. The highest BCUT2D eigenvalue weighted by Gasteiger charge is 2.65. The van der Waals surface area contributed by atoms with E-state index in [1.54, 1.807) is 11.0 Å². The molecule has 2 heterocycles. The molecular formula is C48H69N3O9. The van der Waals surface area contributed by atoms with Crippen LogP contribution < -0.4 is 9.47 Å². The van der Waals surface area contributed by atoms with Crippen LogP contribution in [0.15, 0.2) is 78.0 Å². The molecule has 4 aliphatic rings. The Bertz CT molecular complexity index is 1740. The Hall–Kier alpha value is -3.94. The zero-order chi connectivity index (χ0) is 42.5. The van der Waals surface area contributed by atoms with Gasteiger partial charge in [-0.25, -0.2) is 4.79 Å². The Morgan fingerprint density at radius 2 is 1.80 bits per heavy atom. The number of unbranched alkanes of at least 4 members (excludes halogenated alkanes) is 2. The summed E-state index contributed by atoms with van der Waals surface area (Å²) in [5.41, 5.74) is 3.26. The number of carbonyl (C=O) groups is 1. The number of allylic oxidation sites excluding steroid dienone is 1. The van der Waals surface area contributed by atoms with Crippen molar-refractivity contribution < 1.29 is 43.5 Å². The lowest BCUT2D eigenvalue weighted by atomic mass is 9.55. The van der Waals surface area contributed by atoms with Gasteiger partial charge < -0.3 is 38.7 Å². The monoisotopic (exact) mass is 832 g/mol. The molecule has 0 aromatic heterocycles. The van der Waals surface area contributed by atoms with Crippen LogP contribution in [0.5, 0.6) is 11.5 Å². The number of nitrogens with zero attached hydrogens (tertiary/aromatic N) is 3. The summed E-state index contributed by atoms with van der Waals surface area (Å²) in [6, 6.07) is 15.4. The summed E-state index contributed by atoms with van der Waals surface area (Å²) in [6.07, 6.45) is 9.40. The third kappa shape index (κ3) is 11.5. The van der Waals surface area contributed by atoms with E-state index in [-0.39, 0.29) is 50.8 Å². The first-order chi connectivity index (χ1) is 29.1. The highest BCUT2D eigenvalue weighted by Crippen LogP contribution is 2.62. The van der Waals surface area contributed by atoms with Crippen molar-refractivity contribution >= 4 is 11.8 Å². The second kappa shape index (κ2) is 21.7. The molecule has 330 valence electrons. The van der Waals surface area contributed by atoms with E-state index in [9.17, 15) is 15.0 Å². The fourth-order valence-electron chi connectivity index (χ4n) is 9.17. The fourth-order valence-corrected chi connectivity index (χ4v) is 9.17. The van der Waals surface area contributed by atoms with Gasteiger partial charge >= 0.3 is 6.09 Å². The molecule has 1 saturated heterocycles. The van der Waals surface area contributed by atoms with E-state index in [4.69, 9.17) is 33.7 Å². The minimum atomic E-state index is -1.36. The van der Waals surface area contributed by atoms with Crippen molar-refractivity contribution in [3.63, 3.8) is 0 Å². The average Bonchev–Trinajstić information content (AvgIpc) is 4.07. The van der Waals surface area contributed by atoms with E-state index in [1.807, 2.05) is 70.2 Å². The summed E-state index contributed by atoms with van der Waals surface area (Å²) in [5, 5.41) is 24.7. The third-order valence-corrected chi connectivity index (χ3v) is 11.9. The van der Waals surface area contributed by atoms with Gasteiger partial charge in [-0.3, -0.25) is 9.80 Å². The number of hydrogen-bond donors (Lipinski definition) is 2. The Morgan fingerprint density at radius 1 is 1.03 bits per heavy atom. The minimum absolute atomic E-state index is 0.0804. The van der Waals surface area contributed by atoms with Gasteiger partial charge in [-0.15, -0.1) is 6.58 Å². The van der Waals surface area contributed by atoms with Gasteiger partial charge in [-0.05, 0) is 94.0 Å². The molecule has 12 nitrogen and oxygen atoms in total. The van der Waals surface area contributed by atoms with Gasteiger partial charge in [-0.2, -0.15) is 0 Å². The van der Waals surface area contributed by atoms with Gasteiger partial charge in [0.2, 0.25) is 5.79 Å². The Balaban J connectivity index is 1.45. The van der Waals surface area contributed by atoms with Gasteiger partial charge in [0.25, 0.3) is 0 Å². The summed E-state index contributed by atoms with van der Waals surface area (Å²) in [6.45, 7) is 17.3. The van der Waals surface area contributed by atoms with E-state index in [1.165, 1.54) is 0 Å². The molecule has 6 atom stereocenters. The maximum atomic E-state index is 14.5. The summed E-state index contributed by atoms with van der Waals surface area (Å²) in [7, 11) is 0. The van der Waals surface area contributed by atoms with E-state index >= 15 is 0 Å². The van der Waals surface area contributed by atoms with Crippen LogP contribution in [0.4, 0.5) is 4.79 Å². The molecule has 2 aromatic rings. The number of fused-ring (bicyclic) bond motifs is 2. The first-order valence-electron chi connectivity index (χ1n) is 22.3. The molecule has 12 heteroatoms. The van der Waals surface area contributed by atoms with Crippen molar-refractivity contribution in [2.24, 2.45) is 22.9 Å². The van der Waals surface area contributed by atoms with Crippen molar-refractivity contribution in [2.45, 2.75) is 109 Å². The molecule has 2 N–H and O–H groups in total. The lowest BCUT2D eigenvalue weighted by molar-refractivity contribution is -0.255. The number of rotatable bonds is 24. The summed E-state index contributed by atoms with van der Waals surface area (Å²) >= 11 is 0. The highest BCUT2D eigenvalue weighted by molar-refractivity contribution is 6.03. The van der Waals surface area contributed by atoms with Gasteiger partial charge in [0, 0.05) is 57.3 Å². The second-order valence-corrected chi connectivity index (χ2v) is 17.5. The fraction of sp³-hybridized carbons (Fsp3) is 0.625.